The maximum atomic E-state index is 12.7. The fraction of sp³-hybridized carbons (Fsp3) is 0.0500. The molecule has 0 fully saturated rings. The summed E-state index contributed by atoms with van der Waals surface area (Å²) in [7, 11) is 1.50. The molecule has 1 aromatic heterocycles. The number of hydrogen-bond acceptors (Lipinski definition) is 4. The summed E-state index contributed by atoms with van der Waals surface area (Å²) >= 11 is 5.81. The van der Waals surface area contributed by atoms with Crippen LogP contribution in [-0.4, -0.2) is 23.9 Å². The molecule has 0 aliphatic heterocycles. The van der Waals surface area contributed by atoms with Crippen molar-refractivity contribution in [1.82, 2.24) is 4.98 Å². The van der Waals surface area contributed by atoms with Crippen LogP contribution in [0.5, 0.6) is 5.75 Å². The SMILES string of the molecule is COc1ccc(NC(=O)c2ccccc2)c(C(=O)Nc2ccc(Cl)cn2)c1. The summed E-state index contributed by atoms with van der Waals surface area (Å²) < 4.78 is 5.19. The fourth-order valence-electron chi connectivity index (χ4n) is 2.36. The van der Waals surface area contributed by atoms with Crippen molar-refractivity contribution < 1.29 is 14.3 Å². The summed E-state index contributed by atoms with van der Waals surface area (Å²) in [6, 6.07) is 16.8. The van der Waals surface area contributed by atoms with Crippen LogP contribution in [0.15, 0.2) is 66.9 Å². The van der Waals surface area contributed by atoms with E-state index in [2.05, 4.69) is 15.6 Å². The Bertz CT molecular complexity index is 960. The van der Waals surface area contributed by atoms with E-state index in [1.54, 1.807) is 54.6 Å². The van der Waals surface area contributed by atoms with Gasteiger partial charge in [0.2, 0.25) is 0 Å². The number of pyridine rings is 1. The van der Waals surface area contributed by atoms with Crippen molar-refractivity contribution in [2.24, 2.45) is 0 Å². The van der Waals surface area contributed by atoms with E-state index >= 15 is 0 Å². The predicted molar refractivity (Wildman–Crippen MR) is 105 cm³/mol. The van der Waals surface area contributed by atoms with Gasteiger partial charge in [-0.05, 0) is 42.5 Å². The van der Waals surface area contributed by atoms with Crippen LogP contribution in [0.4, 0.5) is 11.5 Å². The van der Waals surface area contributed by atoms with E-state index in [0.717, 1.165) is 0 Å². The van der Waals surface area contributed by atoms with Gasteiger partial charge in [0.05, 0.1) is 23.4 Å². The lowest BCUT2D eigenvalue weighted by Gasteiger charge is -2.13. The first-order valence-corrected chi connectivity index (χ1v) is 8.42. The third kappa shape index (κ3) is 4.62. The van der Waals surface area contributed by atoms with E-state index in [9.17, 15) is 9.59 Å². The smallest absolute Gasteiger partial charge is 0.259 e. The Kier molecular flexibility index (Phi) is 5.68. The highest BCUT2D eigenvalue weighted by molar-refractivity contribution is 6.30. The monoisotopic (exact) mass is 381 g/mol. The normalized spacial score (nSPS) is 10.1. The van der Waals surface area contributed by atoms with Crippen LogP contribution in [0.1, 0.15) is 20.7 Å². The molecule has 0 aliphatic carbocycles. The molecule has 0 aliphatic rings. The van der Waals surface area contributed by atoms with Crippen LogP contribution in [0.2, 0.25) is 5.02 Å². The first kappa shape index (κ1) is 18.4. The lowest BCUT2D eigenvalue weighted by molar-refractivity contribution is 0.102. The number of nitrogens with one attached hydrogen (secondary N) is 2. The van der Waals surface area contributed by atoms with Crippen molar-refractivity contribution in [3.05, 3.63) is 83.0 Å². The first-order chi connectivity index (χ1) is 13.1. The zero-order valence-corrected chi connectivity index (χ0v) is 15.2. The lowest BCUT2D eigenvalue weighted by atomic mass is 10.1. The molecule has 2 aromatic carbocycles. The molecule has 6 nitrogen and oxygen atoms in total. The van der Waals surface area contributed by atoms with Gasteiger partial charge in [0.15, 0.2) is 0 Å². The molecular formula is C20H16ClN3O3. The fourth-order valence-corrected chi connectivity index (χ4v) is 2.48. The molecule has 0 bridgehead atoms. The van der Waals surface area contributed by atoms with E-state index in [4.69, 9.17) is 16.3 Å². The molecule has 2 N–H and O–H groups in total. The second kappa shape index (κ2) is 8.33. The summed E-state index contributed by atoms with van der Waals surface area (Å²) in [5.41, 5.74) is 1.09. The van der Waals surface area contributed by atoms with Crippen LogP contribution in [0, 0.1) is 0 Å². The van der Waals surface area contributed by atoms with E-state index < -0.39 is 5.91 Å². The van der Waals surface area contributed by atoms with Gasteiger partial charge in [0, 0.05) is 11.8 Å². The van der Waals surface area contributed by atoms with Gasteiger partial charge >= 0.3 is 0 Å². The largest absolute Gasteiger partial charge is 0.497 e. The quantitative estimate of drug-likeness (QED) is 0.692. The topological polar surface area (TPSA) is 80.3 Å². The predicted octanol–water partition coefficient (Wildman–Crippen LogP) is 4.25. The number of carbonyl (C=O) groups is 2. The van der Waals surface area contributed by atoms with E-state index in [-0.39, 0.29) is 11.5 Å². The van der Waals surface area contributed by atoms with Crippen molar-refractivity contribution in [2.75, 3.05) is 17.7 Å². The molecule has 0 saturated carbocycles. The number of anilines is 2. The number of carbonyl (C=O) groups excluding carboxylic acids is 2. The molecule has 27 heavy (non-hydrogen) atoms. The number of aromatic nitrogens is 1. The molecule has 7 heteroatoms. The Morgan fingerprint density at radius 2 is 1.74 bits per heavy atom. The van der Waals surface area contributed by atoms with Crippen molar-refractivity contribution in [3.8, 4) is 5.75 Å². The van der Waals surface area contributed by atoms with Gasteiger partial charge in [-0.15, -0.1) is 0 Å². The number of nitrogens with zero attached hydrogens (tertiary/aromatic N) is 1. The number of rotatable bonds is 5. The minimum atomic E-state index is -0.438. The van der Waals surface area contributed by atoms with E-state index in [1.807, 2.05) is 6.07 Å². The van der Waals surface area contributed by atoms with Crippen LogP contribution >= 0.6 is 11.6 Å². The molecule has 136 valence electrons. The second-order valence-electron chi connectivity index (χ2n) is 5.55. The Balaban J connectivity index is 1.87. The molecule has 2 amide bonds. The molecule has 0 saturated heterocycles. The van der Waals surface area contributed by atoms with Gasteiger partial charge in [-0.2, -0.15) is 0 Å². The molecular weight excluding hydrogens is 366 g/mol. The molecule has 0 unspecified atom stereocenters. The highest BCUT2D eigenvalue weighted by Gasteiger charge is 2.16. The number of methoxy groups -OCH3 is 1. The van der Waals surface area contributed by atoms with Crippen LogP contribution in [0.3, 0.4) is 0 Å². The van der Waals surface area contributed by atoms with E-state index in [1.165, 1.54) is 13.3 Å². The zero-order valence-electron chi connectivity index (χ0n) is 14.4. The highest BCUT2D eigenvalue weighted by Crippen LogP contribution is 2.24. The Morgan fingerprint density at radius 1 is 0.963 bits per heavy atom. The number of halogens is 1. The van der Waals surface area contributed by atoms with Crippen molar-refractivity contribution in [1.29, 1.82) is 0 Å². The minimum Gasteiger partial charge on any atom is -0.497 e. The molecule has 3 aromatic rings. The maximum Gasteiger partial charge on any atom is 0.259 e. The van der Waals surface area contributed by atoms with Gasteiger partial charge in [-0.1, -0.05) is 29.8 Å². The van der Waals surface area contributed by atoms with Crippen LogP contribution in [-0.2, 0) is 0 Å². The number of ether oxygens (including phenoxy) is 1. The maximum absolute atomic E-state index is 12.7. The third-order valence-corrected chi connectivity index (χ3v) is 3.95. The molecule has 0 atom stereocenters. The molecule has 3 rings (SSSR count). The van der Waals surface area contributed by atoms with Crippen molar-refractivity contribution >= 4 is 34.9 Å². The zero-order chi connectivity index (χ0) is 19.2. The van der Waals surface area contributed by atoms with E-state index in [0.29, 0.717) is 27.8 Å². The van der Waals surface area contributed by atoms with Crippen LogP contribution < -0.4 is 15.4 Å². The molecule has 0 radical (unpaired) electrons. The Hall–Kier alpha value is -3.38. The Labute approximate surface area is 161 Å². The molecule has 1 heterocycles. The summed E-state index contributed by atoms with van der Waals surface area (Å²) in [6.45, 7) is 0. The highest BCUT2D eigenvalue weighted by atomic mass is 35.5. The average molecular weight is 382 g/mol. The lowest BCUT2D eigenvalue weighted by Crippen LogP contribution is -2.18. The summed E-state index contributed by atoms with van der Waals surface area (Å²) in [5, 5.41) is 5.89. The average Bonchev–Trinajstić information content (AvgIpc) is 2.70. The number of hydrogen-bond donors (Lipinski definition) is 2. The molecule has 0 spiro atoms. The Morgan fingerprint density at radius 3 is 2.41 bits per heavy atom. The van der Waals surface area contributed by atoms with Gasteiger partial charge < -0.3 is 15.4 Å². The van der Waals surface area contributed by atoms with Gasteiger partial charge in [-0.3, -0.25) is 9.59 Å². The first-order valence-electron chi connectivity index (χ1n) is 8.04. The second-order valence-corrected chi connectivity index (χ2v) is 5.98. The standard InChI is InChI=1S/C20H16ClN3O3/c1-27-15-8-9-17(23-19(25)13-5-3-2-4-6-13)16(11-15)20(26)24-18-10-7-14(21)12-22-18/h2-12H,1H3,(H,23,25)(H,22,24,26). The summed E-state index contributed by atoms with van der Waals surface area (Å²) in [4.78, 5) is 29.2. The van der Waals surface area contributed by atoms with Crippen molar-refractivity contribution in [3.63, 3.8) is 0 Å². The summed E-state index contributed by atoms with van der Waals surface area (Å²) in [5.74, 6) is 0.0704. The van der Waals surface area contributed by atoms with Crippen molar-refractivity contribution in [2.45, 2.75) is 0 Å². The number of amides is 2. The summed E-state index contributed by atoms with van der Waals surface area (Å²) in [6.07, 6.45) is 1.43. The van der Waals surface area contributed by atoms with Gasteiger partial charge in [-0.25, -0.2) is 4.98 Å². The number of benzene rings is 2. The van der Waals surface area contributed by atoms with Crippen LogP contribution in [0.25, 0.3) is 0 Å². The third-order valence-electron chi connectivity index (χ3n) is 3.72. The van der Waals surface area contributed by atoms with Gasteiger partial charge in [0.25, 0.3) is 11.8 Å². The van der Waals surface area contributed by atoms with Gasteiger partial charge in [0.1, 0.15) is 11.6 Å². The minimum absolute atomic E-state index is 0.246.